The van der Waals surface area contributed by atoms with Crippen LogP contribution in [0, 0.1) is 12.1 Å². The summed E-state index contributed by atoms with van der Waals surface area (Å²) in [5, 5.41) is 0. The molecule has 0 fully saturated rings. The monoisotopic (exact) mass is 302 g/mol. The zero-order valence-electron chi connectivity index (χ0n) is 10.4. The highest BCUT2D eigenvalue weighted by Crippen LogP contribution is 2.55. The fraction of sp³-hybridized carbons (Fsp3) is 0.200. The lowest BCUT2D eigenvalue weighted by atomic mass is 9.73. The Kier molecular flexibility index (Phi) is 3.62. The molecular weight excluding hydrogens is 294 g/mol. The first kappa shape index (κ1) is 15.2. The normalized spacial score (nSPS) is 12.9. The molecule has 0 heterocycles. The lowest BCUT2D eigenvalue weighted by Crippen LogP contribution is -2.54. The SMILES string of the molecule is FC(F)(F)C(c1c#cccc1)(c1ccccc1)C(F)(F)F. The zero-order valence-corrected chi connectivity index (χ0v) is 10.4. The number of halogens is 6. The second-order valence-electron chi connectivity index (χ2n) is 4.32. The standard InChI is InChI=1S/C15H8F6/c16-14(17,18)13(15(19,20)21,11-7-3-1-4-8-11)12-9-5-2-6-10-12/h1-5,7-9H. The Morgan fingerprint density at radius 3 is 1.71 bits per heavy atom. The Labute approximate surface area is 117 Å². The third-order valence-electron chi connectivity index (χ3n) is 3.11. The van der Waals surface area contributed by atoms with Crippen molar-refractivity contribution in [3.63, 3.8) is 0 Å². The third-order valence-corrected chi connectivity index (χ3v) is 3.11. The Bertz CT molecular complexity index is 528. The zero-order chi connectivity index (χ0) is 15.7. The highest BCUT2D eigenvalue weighted by atomic mass is 19.4. The van der Waals surface area contributed by atoms with Crippen molar-refractivity contribution in [2.24, 2.45) is 0 Å². The van der Waals surface area contributed by atoms with E-state index < -0.39 is 28.9 Å². The average Bonchev–Trinajstić information content (AvgIpc) is 2.38. The number of alkyl halides is 6. The molecule has 2 aromatic rings. The van der Waals surface area contributed by atoms with E-state index in [-0.39, 0.29) is 0 Å². The molecule has 0 bridgehead atoms. The quantitative estimate of drug-likeness (QED) is 0.706. The summed E-state index contributed by atoms with van der Waals surface area (Å²) in [7, 11) is 0. The van der Waals surface area contributed by atoms with Gasteiger partial charge in [0, 0.05) is 5.56 Å². The molecule has 0 aromatic heterocycles. The average molecular weight is 302 g/mol. The molecule has 0 aliphatic rings. The van der Waals surface area contributed by atoms with Crippen molar-refractivity contribution in [2.75, 3.05) is 0 Å². The number of hydrogen-bond acceptors (Lipinski definition) is 0. The maximum atomic E-state index is 13.5. The number of hydrogen-bond donors (Lipinski definition) is 0. The molecule has 0 unspecified atom stereocenters. The van der Waals surface area contributed by atoms with E-state index in [4.69, 9.17) is 0 Å². The molecule has 0 aliphatic carbocycles. The van der Waals surface area contributed by atoms with Crippen LogP contribution < -0.4 is 0 Å². The van der Waals surface area contributed by atoms with Gasteiger partial charge in [-0.25, -0.2) is 0 Å². The Hall–Kier alpha value is -2.16. The first-order valence-electron chi connectivity index (χ1n) is 5.79. The molecule has 0 saturated heterocycles. The van der Waals surface area contributed by atoms with E-state index in [1.165, 1.54) is 12.1 Å². The van der Waals surface area contributed by atoms with Gasteiger partial charge in [-0.1, -0.05) is 48.5 Å². The number of rotatable bonds is 2. The molecule has 0 aliphatic heterocycles. The van der Waals surface area contributed by atoms with Crippen molar-refractivity contribution in [1.29, 1.82) is 0 Å². The molecule has 21 heavy (non-hydrogen) atoms. The topological polar surface area (TPSA) is 0 Å². The van der Waals surface area contributed by atoms with Crippen molar-refractivity contribution < 1.29 is 26.3 Å². The van der Waals surface area contributed by atoms with Crippen molar-refractivity contribution in [2.45, 2.75) is 17.8 Å². The minimum atomic E-state index is -5.57. The Morgan fingerprint density at radius 2 is 1.29 bits per heavy atom. The molecule has 0 N–H and O–H groups in total. The van der Waals surface area contributed by atoms with E-state index in [2.05, 4.69) is 6.07 Å². The van der Waals surface area contributed by atoms with Gasteiger partial charge < -0.3 is 0 Å². The predicted molar refractivity (Wildman–Crippen MR) is 63.4 cm³/mol. The summed E-state index contributed by atoms with van der Waals surface area (Å²) in [6.45, 7) is 0. The maximum Gasteiger partial charge on any atom is 0.411 e. The Balaban J connectivity index is 2.87. The van der Waals surface area contributed by atoms with E-state index in [1.807, 2.05) is 6.07 Å². The van der Waals surface area contributed by atoms with Crippen molar-refractivity contribution in [3.05, 3.63) is 71.8 Å². The second-order valence-corrected chi connectivity index (χ2v) is 4.32. The molecule has 6 heteroatoms. The molecule has 0 nitrogen and oxygen atoms in total. The summed E-state index contributed by atoms with van der Waals surface area (Å²) >= 11 is 0. The lowest BCUT2D eigenvalue weighted by Gasteiger charge is -2.37. The number of benzene rings is 1. The second kappa shape index (κ2) is 4.99. The molecule has 2 rings (SSSR count). The smallest absolute Gasteiger partial charge is 0.169 e. The van der Waals surface area contributed by atoms with Crippen LogP contribution in [0.2, 0.25) is 0 Å². The van der Waals surface area contributed by atoms with Crippen LogP contribution in [-0.2, 0) is 5.41 Å². The molecule has 0 atom stereocenters. The van der Waals surface area contributed by atoms with Crippen molar-refractivity contribution in [3.8, 4) is 0 Å². The molecular formula is C15H8F6. The van der Waals surface area contributed by atoms with Crippen molar-refractivity contribution in [1.82, 2.24) is 0 Å². The van der Waals surface area contributed by atoms with Crippen molar-refractivity contribution >= 4 is 0 Å². The molecule has 110 valence electrons. The summed E-state index contributed by atoms with van der Waals surface area (Å²) in [6, 6.07) is 12.4. The summed E-state index contributed by atoms with van der Waals surface area (Å²) in [6.07, 6.45) is -11.1. The fourth-order valence-corrected chi connectivity index (χ4v) is 2.21. The van der Waals surface area contributed by atoms with Crippen LogP contribution in [0.25, 0.3) is 0 Å². The van der Waals surface area contributed by atoms with Gasteiger partial charge in [-0.3, -0.25) is 0 Å². The molecule has 0 saturated carbocycles. The van der Waals surface area contributed by atoms with Crippen LogP contribution >= 0.6 is 0 Å². The van der Waals surface area contributed by atoms with Crippen LogP contribution in [-0.4, -0.2) is 12.4 Å². The lowest BCUT2D eigenvalue weighted by molar-refractivity contribution is -0.288. The molecule has 0 spiro atoms. The minimum absolute atomic E-state index is 0.754. The summed E-state index contributed by atoms with van der Waals surface area (Å²) in [5.74, 6) is 0. The first-order chi connectivity index (χ1) is 9.71. The van der Waals surface area contributed by atoms with Crippen LogP contribution in [0.4, 0.5) is 26.3 Å². The van der Waals surface area contributed by atoms with E-state index in [0.29, 0.717) is 0 Å². The van der Waals surface area contributed by atoms with E-state index in [1.54, 1.807) is 0 Å². The fourth-order valence-electron chi connectivity index (χ4n) is 2.21. The van der Waals surface area contributed by atoms with Crippen LogP contribution in [0.3, 0.4) is 0 Å². The van der Waals surface area contributed by atoms with E-state index >= 15 is 0 Å². The molecule has 2 aromatic carbocycles. The van der Waals surface area contributed by atoms with Crippen LogP contribution in [0.15, 0.2) is 48.5 Å². The van der Waals surface area contributed by atoms with Gasteiger partial charge in [0.05, 0.1) is 0 Å². The van der Waals surface area contributed by atoms with Gasteiger partial charge in [0.15, 0.2) is 0 Å². The van der Waals surface area contributed by atoms with Crippen LogP contribution in [0.5, 0.6) is 0 Å². The predicted octanol–water partition coefficient (Wildman–Crippen LogP) is 4.70. The molecule has 0 radical (unpaired) electrons. The summed E-state index contributed by atoms with van der Waals surface area (Å²) in [4.78, 5) is 0. The van der Waals surface area contributed by atoms with Gasteiger partial charge in [-0.15, -0.1) is 0 Å². The first-order valence-corrected chi connectivity index (χ1v) is 5.79. The largest absolute Gasteiger partial charge is 0.411 e. The van der Waals surface area contributed by atoms with Gasteiger partial charge >= 0.3 is 12.4 Å². The minimum Gasteiger partial charge on any atom is -0.169 e. The molecule has 0 amide bonds. The maximum absolute atomic E-state index is 13.5. The Morgan fingerprint density at radius 1 is 0.714 bits per heavy atom. The summed E-state index contributed by atoms with van der Waals surface area (Å²) in [5.41, 5.74) is -6.06. The van der Waals surface area contributed by atoms with E-state index in [0.717, 1.165) is 36.4 Å². The van der Waals surface area contributed by atoms with Gasteiger partial charge in [0.1, 0.15) is 0 Å². The van der Waals surface area contributed by atoms with Crippen LogP contribution in [0.1, 0.15) is 11.1 Å². The van der Waals surface area contributed by atoms with Gasteiger partial charge in [-0.2, -0.15) is 26.3 Å². The van der Waals surface area contributed by atoms with Gasteiger partial charge in [-0.05, 0) is 17.7 Å². The highest BCUT2D eigenvalue weighted by molar-refractivity contribution is 5.42. The van der Waals surface area contributed by atoms with Gasteiger partial charge in [0.2, 0.25) is 5.41 Å². The van der Waals surface area contributed by atoms with Gasteiger partial charge in [0.25, 0.3) is 0 Å². The third kappa shape index (κ3) is 2.33. The van der Waals surface area contributed by atoms with E-state index in [9.17, 15) is 26.3 Å². The highest BCUT2D eigenvalue weighted by Gasteiger charge is 2.72. The summed E-state index contributed by atoms with van der Waals surface area (Å²) < 4.78 is 80.9.